The van der Waals surface area contributed by atoms with Crippen molar-refractivity contribution in [3.05, 3.63) is 0 Å². The molecule has 1 fully saturated rings. The number of unbranched alkanes of at least 4 members (excludes halogenated alkanes) is 1. The van der Waals surface area contributed by atoms with Crippen LogP contribution in [0.15, 0.2) is 0 Å². The molecule has 0 amide bonds. The highest BCUT2D eigenvalue weighted by atomic mass is 16.4. The van der Waals surface area contributed by atoms with Gasteiger partial charge in [0.1, 0.15) is 90.6 Å². The van der Waals surface area contributed by atoms with Gasteiger partial charge in [-0.3, -0.25) is 105 Å². The van der Waals surface area contributed by atoms with Gasteiger partial charge in [0.05, 0.1) is 45.1 Å². The summed E-state index contributed by atoms with van der Waals surface area (Å²) in [5.41, 5.74) is 89.5. The molecule has 0 aromatic carbocycles. The number of carboxylic acid groups (broad SMARTS) is 22. The van der Waals surface area contributed by atoms with Gasteiger partial charge in [-0.1, -0.05) is 75.7 Å². The van der Waals surface area contributed by atoms with Crippen molar-refractivity contribution in [2.45, 2.75) is 289 Å². The molecular formula is C79H167N19O48. The number of hydrogen-bond acceptors (Lipinski definition) is 45. The standard InChI is InChI=1S/C6H14N2O2.3C6H13NO2.4C5H9NO4.C5H9NO2.2C5H11NO2.2C4H9NO3.2C3H7NO3.3C2H5NO2/c7-4-2-1-3-5(8)6(9)10;3*1-4(2)3-5(7)6(8)9;4*6-3(5(9)10)1-2-4(7)8;7-5(8)4-2-1-3-6-4;2*1-3(2)4(6)5(7)8;2*1-2(6)3(5)4(7)8;2*4-2(1-5)3(6)7;3*3-1-2(4)5/h5H,1-4,7-8H2,(H,9,10);3*4-5H,3,7H2,1-2H3,(H,8,9);4*3H,1-2,6H2,(H,7,8)(H,9,10);4,6H,1-3H2,(H,7,8);2*3-4H,6H2,1-2H3,(H,7,8);2*2-3,6H,5H2,1H3,(H,7,8);2*2,5H,1,4H2,(H,6,7);3*1,3H2,(H,4,5)/t4*5-;4*3-;3*4-;2*2-,3+;2*2-;;;/m000000000001100.../s1. The largest absolute Gasteiger partial charge is 0.481 e. The van der Waals surface area contributed by atoms with E-state index in [1.807, 2.05) is 41.5 Å². The van der Waals surface area contributed by atoms with Gasteiger partial charge in [-0.15, -0.1) is 0 Å². The predicted octanol–water partition coefficient (Wildman–Crippen LogP) is -10.7. The first-order valence-corrected chi connectivity index (χ1v) is 42.8. The fourth-order valence-corrected chi connectivity index (χ4v) is 6.10. The van der Waals surface area contributed by atoms with Crippen molar-refractivity contribution in [1.82, 2.24) is 5.32 Å². The Morgan fingerprint density at radius 2 is 0.432 bits per heavy atom. The number of aliphatic hydroxyl groups is 4. The van der Waals surface area contributed by atoms with Crippen LogP contribution in [-0.4, -0.2) is 413 Å². The third-order valence-corrected chi connectivity index (χ3v) is 14.9. The van der Waals surface area contributed by atoms with Crippen LogP contribution >= 0.6 is 0 Å². The maximum atomic E-state index is 10.1. The van der Waals surface area contributed by atoms with Gasteiger partial charge < -0.3 is 241 Å². The van der Waals surface area contributed by atoms with Gasteiger partial charge in [0.25, 0.3) is 0 Å². The molecule has 67 nitrogen and oxygen atoms in total. The number of aliphatic hydroxyl groups excluding tert-OH is 4. The number of nitrogens with two attached hydrogens (primary N) is 18. The van der Waals surface area contributed by atoms with Crippen molar-refractivity contribution >= 4 is 131 Å². The lowest BCUT2D eigenvalue weighted by Gasteiger charge is -2.07. The van der Waals surface area contributed by atoms with E-state index in [1.54, 1.807) is 27.7 Å². The Kier molecular flexibility index (Phi) is 131. The van der Waals surface area contributed by atoms with Crippen molar-refractivity contribution in [3.8, 4) is 0 Å². The summed E-state index contributed by atoms with van der Waals surface area (Å²) in [4.78, 5) is 217. The minimum Gasteiger partial charge on any atom is -0.481 e. The Bertz CT molecular complexity index is 3190. The van der Waals surface area contributed by atoms with E-state index in [-0.39, 0.29) is 88.9 Å². The van der Waals surface area contributed by atoms with E-state index in [4.69, 9.17) is 219 Å². The second-order valence-electron chi connectivity index (χ2n) is 30.9. The minimum atomic E-state index is -1.18. The first-order chi connectivity index (χ1) is 66.1. The summed E-state index contributed by atoms with van der Waals surface area (Å²) in [6.45, 7) is 21.1. The molecule has 1 aliphatic rings. The average molecular weight is 2150 g/mol. The summed E-state index contributed by atoms with van der Waals surface area (Å²) < 4.78 is 0. The van der Waals surface area contributed by atoms with E-state index in [0.717, 1.165) is 32.2 Å². The van der Waals surface area contributed by atoms with E-state index in [2.05, 4.69) is 22.5 Å². The summed E-state index contributed by atoms with van der Waals surface area (Å²) in [6.07, 6.45) is 2.75. The lowest BCUT2D eigenvalue weighted by molar-refractivity contribution is -0.141. The number of rotatable bonds is 46. The van der Waals surface area contributed by atoms with Gasteiger partial charge in [-0.05, 0) is 127 Å². The molecule has 0 spiro atoms. The van der Waals surface area contributed by atoms with Crippen molar-refractivity contribution in [2.24, 2.45) is 133 Å². The molecule has 1 saturated heterocycles. The molecule has 0 aromatic rings. The molecular weight excluding hydrogens is 1980 g/mol. The highest BCUT2D eigenvalue weighted by Gasteiger charge is 2.23. The van der Waals surface area contributed by atoms with Gasteiger partial charge in [-0.2, -0.15) is 0 Å². The first kappa shape index (κ1) is 173. The highest BCUT2D eigenvalue weighted by Crippen LogP contribution is 2.07. The third kappa shape index (κ3) is 162. The van der Waals surface area contributed by atoms with E-state index in [9.17, 15) is 105 Å². The summed E-state index contributed by atoms with van der Waals surface area (Å²) in [5, 5.41) is 214. The molecule has 0 aromatic heterocycles. The van der Waals surface area contributed by atoms with Gasteiger partial charge in [0.2, 0.25) is 0 Å². The molecule has 67 heteroatoms. The fraction of sp³-hybridized carbons (Fsp3) is 0.722. The molecule has 0 aliphatic carbocycles. The smallest absolute Gasteiger partial charge is 0.323 e. The van der Waals surface area contributed by atoms with Crippen molar-refractivity contribution in [1.29, 1.82) is 0 Å². The Balaban J connectivity index is -0.0000000807. The molecule has 1 heterocycles. The second-order valence-corrected chi connectivity index (χ2v) is 30.9. The van der Waals surface area contributed by atoms with Gasteiger partial charge in [0, 0.05) is 25.7 Å². The van der Waals surface area contributed by atoms with Crippen LogP contribution in [0.2, 0.25) is 0 Å². The molecule has 0 saturated carbocycles. The van der Waals surface area contributed by atoms with Crippen LogP contribution in [0.5, 0.6) is 0 Å². The molecule has 866 valence electrons. The second kappa shape index (κ2) is 111. The fourth-order valence-electron chi connectivity index (χ4n) is 6.10. The summed E-state index contributed by atoms with van der Waals surface area (Å²) in [5.74, 6) is -21.5. The van der Waals surface area contributed by atoms with E-state index < -0.39 is 241 Å². The van der Waals surface area contributed by atoms with Crippen LogP contribution in [0.25, 0.3) is 0 Å². The van der Waals surface area contributed by atoms with E-state index in [0.29, 0.717) is 50.0 Å². The quantitative estimate of drug-likeness (QED) is 0.0252. The van der Waals surface area contributed by atoms with E-state index >= 15 is 0 Å². The first-order valence-electron chi connectivity index (χ1n) is 42.8. The summed E-state index contributed by atoms with van der Waals surface area (Å²) in [7, 11) is 0. The number of carbonyl (C=O) groups is 22. The SMILES string of the molecule is CC(C)C[C@H](N)C(=O)O.CC(C)C[C@H](N)C(=O)O.CC(C)C[C@H](N)C(=O)O.CC(C)[C@H](N)C(=O)O.CC(C)[C@H](N)C(=O)O.C[C@@H](O)[C@H](N)C(=O)O.C[C@@H](O)[C@H](N)C(=O)O.NCC(=O)O.NCC(=O)O.NCC(=O)O.NCCCC[C@H](N)C(=O)O.N[C@@H](CCC(=O)O)C(=O)O.N[C@@H](CCC(=O)O)C(=O)O.N[C@@H](CCC(=O)O)C(=O)O.N[C@@H](CCC(=O)O)C(=O)O.N[C@@H](CO)C(=O)O.N[C@@H](CO)C(=O)O.O=C(O)[C@@H]1CCCN1. The van der Waals surface area contributed by atoms with Crippen LogP contribution in [0.1, 0.15) is 186 Å². The Hall–Kier alpha value is -12.6. The van der Waals surface area contributed by atoms with Crippen molar-refractivity contribution < 1.29 is 238 Å². The molecule has 17 atom stereocenters. The number of nitrogens with one attached hydrogen (secondary N) is 1. The van der Waals surface area contributed by atoms with Gasteiger partial charge in [0.15, 0.2) is 0 Å². The maximum Gasteiger partial charge on any atom is 0.323 e. The number of hydrogen-bond donors (Lipinski definition) is 45. The number of carboxylic acids is 22. The number of aliphatic carboxylic acids is 22. The molecule has 0 unspecified atom stereocenters. The Labute approximate surface area is 839 Å². The van der Waals surface area contributed by atoms with Gasteiger partial charge >= 0.3 is 131 Å². The van der Waals surface area contributed by atoms with Crippen molar-refractivity contribution in [3.63, 3.8) is 0 Å². The average Bonchev–Trinajstić information content (AvgIpc) is 1.82. The third-order valence-electron chi connectivity index (χ3n) is 14.9. The van der Waals surface area contributed by atoms with E-state index in [1.165, 1.54) is 13.8 Å². The van der Waals surface area contributed by atoms with Crippen LogP contribution in [0.4, 0.5) is 0 Å². The zero-order chi connectivity index (χ0) is 120. The molecule has 1 aliphatic heterocycles. The molecule has 63 N–H and O–H groups in total. The zero-order valence-electron chi connectivity index (χ0n) is 83.5. The summed E-state index contributed by atoms with van der Waals surface area (Å²) in [6, 6.07) is -13.3. The molecule has 146 heavy (non-hydrogen) atoms. The normalized spacial score (nSPS) is 13.9. The van der Waals surface area contributed by atoms with Crippen LogP contribution in [-0.2, 0) is 105 Å². The highest BCUT2D eigenvalue weighted by molar-refractivity contribution is 5.80. The monoisotopic (exact) mass is 2150 g/mol. The van der Waals surface area contributed by atoms with Gasteiger partial charge in [-0.25, -0.2) is 0 Å². The van der Waals surface area contributed by atoms with Crippen LogP contribution < -0.4 is 109 Å². The molecule has 0 radical (unpaired) electrons. The van der Waals surface area contributed by atoms with Crippen LogP contribution in [0, 0.1) is 29.6 Å². The van der Waals surface area contributed by atoms with Crippen molar-refractivity contribution in [2.75, 3.05) is 45.9 Å². The predicted molar refractivity (Wildman–Crippen MR) is 513 cm³/mol. The summed E-state index contributed by atoms with van der Waals surface area (Å²) >= 11 is 0. The maximum absolute atomic E-state index is 10.1. The minimum absolute atomic E-state index is 0.0208. The topological polar surface area (TPSA) is 1380 Å². The zero-order valence-corrected chi connectivity index (χ0v) is 83.5. The lowest BCUT2D eigenvalue weighted by Crippen LogP contribution is -2.39. The van der Waals surface area contributed by atoms with Crippen LogP contribution in [0.3, 0.4) is 0 Å². The molecule has 1 rings (SSSR count). The lowest BCUT2D eigenvalue weighted by atomic mass is 10.1. The molecule has 0 bridgehead atoms. The Morgan fingerprint density at radius 3 is 0.500 bits per heavy atom. The Morgan fingerprint density at radius 1 is 0.253 bits per heavy atom.